The highest BCUT2D eigenvalue weighted by atomic mass is 16.6. The maximum atomic E-state index is 13.8. The fourth-order valence-corrected chi connectivity index (χ4v) is 5.20. The fourth-order valence-electron chi connectivity index (χ4n) is 5.20. The van der Waals surface area contributed by atoms with Gasteiger partial charge >= 0.3 is 6.09 Å². The summed E-state index contributed by atoms with van der Waals surface area (Å²) < 4.78 is 22.4. The van der Waals surface area contributed by atoms with E-state index in [-0.39, 0.29) is 35.1 Å². The third kappa shape index (κ3) is 10.9. The van der Waals surface area contributed by atoms with Gasteiger partial charge in [-0.1, -0.05) is 43.3 Å². The number of likely N-dealkylation sites (N-methyl/N-ethyl adjacent to an activating group) is 1. The molecule has 0 spiro atoms. The largest absolute Gasteiger partial charge is 0.494 e. The van der Waals surface area contributed by atoms with Gasteiger partial charge in [0.25, 0.3) is 5.91 Å². The van der Waals surface area contributed by atoms with Crippen molar-refractivity contribution in [2.45, 2.75) is 65.0 Å². The summed E-state index contributed by atoms with van der Waals surface area (Å²) in [5.41, 5.74) is 6.84. The van der Waals surface area contributed by atoms with Crippen molar-refractivity contribution in [1.82, 2.24) is 10.2 Å². The lowest BCUT2D eigenvalue weighted by Gasteiger charge is -2.30. The molecule has 13 heteroatoms. The topological polar surface area (TPSA) is 171 Å². The molecular formula is C33H50N4O9. The molecule has 0 aromatic carbocycles. The number of fused-ring (bicyclic) bond motifs is 2. The van der Waals surface area contributed by atoms with E-state index in [9.17, 15) is 19.5 Å². The van der Waals surface area contributed by atoms with Crippen LogP contribution in [0.1, 0.15) is 40.5 Å². The van der Waals surface area contributed by atoms with Crippen LogP contribution in [-0.4, -0.2) is 106 Å². The van der Waals surface area contributed by atoms with Crippen molar-refractivity contribution in [3.8, 4) is 0 Å². The van der Waals surface area contributed by atoms with Crippen LogP contribution in [-0.2, 0) is 33.4 Å². The van der Waals surface area contributed by atoms with E-state index in [2.05, 4.69) is 10.5 Å². The van der Waals surface area contributed by atoms with E-state index in [1.54, 1.807) is 32.1 Å². The van der Waals surface area contributed by atoms with Crippen molar-refractivity contribution in [3.05, 3.63) is 58.6 Å². The first-order chi connectivity index (χ1) is 21.7. The van der Waals surface area contributed by atoms with Gasteiger partial charge in [-0.15, -0.1) is 0 Å². The molecule has 0 saturated heterocycles. The SMILES string of the molecule is COC1=C2C[C@@H](C)C[C@H](OC)[C@H](O)[C@@H](C)/C=C(\C)[C@H](OC(N)=O)[C@@H](OC)/C=C\C=C(/C)C(=O)NC(=C/C1=N/OCCN(C)C)C2=O. The number of methoxy groups -OCH3 is 3. The Morgan fingerprint density at radius 1 is 1.15 bits per heavy atom. The zero-order valence-electron chi connectivity index (χ0n) is 28.4. The van der Waals surface area contributed by atoms with E-state index in [0.717, 1.165) is 0 Å². The quantitative estimate of drug-likeness (QED) is 0.154. The van der Waals surface area contributed by atoms with Gasteiger partial charge in [0.2, 0.25) is 5.78 Å². The van der Waals surface area contributed by atoms with Crippen LogP contribution in [0.4, 0.5) is 4.79 Å². The van der Waals surface area contributed by atoms with Crippen LogP contribution in [0.5, 0.6) is 0 Å². The number of carbonyl (C=O) groups excluding carboxylic acids is 3. The Kier molecular flexibility index (Phi) is 15.4. The molecule has 0 aromatic heterocycles. The van der Waals surface area contributed by atoms with Crippen molar-refractivity contribution in [2.24, 2.45) is 22.7 Å². The highest BCUT2D eigenvalue weighted by molar-refractivity contribution is 6.24. The smallest absolute Gasteiger partial charge is 0.405 e. The number of nitrogens with one attached hydrogen (secondary N) is 1. The molecule has 256 valence electrons. The molecule has 13 nitrogen and oxygen atoms in total. The number of ketones is 1. The van der Waals surface area contributed by atoms with Gasteiger partial charge < -0.3 is 44.8 Å². The van der Waals surface area contributed by atoms with Gasteiger partial charge in [-0.2, -0.15) is 0 Å². The van der Waals surface area contributed by atoms with Crippen LogP contribution in [0.2, 0.25) is 0 Å². The molecule has 4 N–H and O–H groups in total. The second kappa shape index (κ2) is 18.4. The van der Waals surface area contributed by atoms with E-state index in [0.29, 0.717) is 30.7 Å². The lowest BCUT2D eigenvalue weighted by Crippen LogP contribution is -2.37. The molecule has 2 rings (SSSR count). The van der Waals surface area contributed by atoms with Crippen molar-refractivity contribution >= 4 is 23.5 Å². The molecular weight excluding hydrogens is 596 g/mol. The maximum absolute atomic E-state index is 13.8. The summed E-state index contributed by atoms with van der Waals surface area (Å²) in [5.74, 6) is -1.30. The molecule has 0 aromatic rings. The zero-order valence-corrected chi connectivity index (χ0v) is 28.4. The minimum Gasteiger partial charge on any atom is -0.494 e. The van der Waals surface area contributed by atoms with Gasteiger partial charge in [-0.25, -0.2) is 4.79 Å². The molecule has 0 saturated carbocycles. The number of oxime groups is 1. The first-order valence-corrected chi connectivity index (χ1v) is 15.2. The Labute approximate surface area is 271 Å². The number of rotatable bonds is 8. The van der Waals surface area contributed by atoms with Gasteiger partial charge in [0.05, 0.1) is 25.0 Å². The molecule has 1 aliphatic carbocycles. The minimum absolute atomic E-state index is 0.0130. The molecule has 6 atom stereocenters. The van der Waals surface area contributed by atoms with Crippen molar-refractivity contribution in [2.75, 3.05) is 48.6 Å². The van der Waals surface area contributed by atoms with Crippen molar-refractivity contribution < 1.29 is 43.3 Å². The van der Waals surface area contributed by atoms with Gasteiger partial charge in [0, 0.05) is 37.8 Å². The minimum atomic E-state index is -0.991. The Balaban J connectivity index is 2.66. The number of ether oxygens (including phenoxy) is 4. The number of carbonyl (C=O) groups is 3. The summed E-state index contributed by atoms with van der Waals surface area (Å²) in [7, 11) is 8.22. The Bertz CT molecular complexity index is 1280. The number of nitrogens with zero attached hydrogens (tertiary/aromatic N) is 2. The zero-order chi connectivity index (χ0) is 34.6. The molecule has 2 amide bonds. The molecule has 1 heterocycles. The predicted octanol–water partition coefficient (Wildman–Crippen LogP) is 2.77. The van der Waals surface area contributed by atoms with Crippen molar-refractivity contribution in [3.63, 3.8) is 0 Å². The van der Waals surface area contributed by atoms with E-state index < -0.39 is 48.1 Å². The van der Waals surface area contributed by atoms with E-state index in [1.165, 1.54) is 33.5 Å². The molecule has 1 aliphatic heterocycles. The highest BCUT2D eigenvalue weighted by Gasteiger charge is 2.33. The lowest BCUT2D eigenvalue weighted by molar-refractivity contribution is -0.119. The average molecular weight is 647 g/mol. The van der Waals surface area contributed by atoms with Crippen LogP contribution < -0.4 is 11.1 Å². The molecule has 2 aliphatic rings. The number of Topliss-reactive ketones (excluding diaryl/α,β-unsaturated/α-hetero) is 1. The summed E-state index contributed by atoms with van der Waals surface area (Å²) in [6.07, 6.45) is 4.34. The summed E-state index contributed by atoms with van der Waals surface area (Å²) in [4.78, 5) is 46.3. The highest BCUT2D eigenvalue weighted by Crippen LogP contribution is 2.30. The Morgan fingerprint density at radius 2 is 1.85 bits per heavy atom. The number of hydrogen-bond acceptors (Lipinski definition) is 11. The lowest BCUT2D eigenvalue weighted by atomic mass is 9.85. The van der Waals surface area contributed by atoms with Crippen LogP contribution in [0.25, 0.3) is 0 Å². The second-order valence-corrected chi connectivity index (χ2v) is 11.8. The normalized spacial score (nSPS) is 30.9. The average Bonchev–Trinajstić information content (AvgIpc) is 3.00. The van der Waals surface area contributed by atoms with Crippen LogP contribution in [0, 0.1) is 11.8 Å². The van der Waals surface area contributed by atoms with Gasteiger partial charge in [0.15, 0.2) is 11.9 Å². The molecule has 2 bridgehead atoms. The first kappa shape index (κ1) is 38.4. The molecule has 0 fully saturated rings. The van der Waals surface area contributed by atoms with E-state index in [1.807, 2.05) is 32.8 Å². The first-order valence-electron chi connectivity index (χ1n) is 15.2. The van der Waals surface area contributed by atoms with Gasteiger partial charge in [-0.05, 0) is 58.4 Å². The van der Waals surface area contributed by atoms with E-state index >= 15 is 0 Å². The van der Waals surface area contributed by atoms with Gasteiger partial charge in [0.1, 0.15) is 18.4 Å². The Morgan fingerprint density at radius 3 is 2.43 bits per heavy atom. The van der Waals surface area contributed by atoms with Crippen LogP contribution >= 0.6 is 0 Å². The second-order valence-electron chi connectivity index (χ2n) is 11.8. The summed E-state index contributed by atoms with van der Waals surface area (Å²) in [6, 6.07) is 0. The van der Waals surface area contributed by atoms with Crippen LogP contribution in [0.3, 0.4) is 0 Å². The third-order valence-corrected chi connectivity index (χ3v) is 7.75. The predicted molar refractivity (Wildman–Crippen MR) is 173 cm³/mol. The molecule has 0 radical (unpaired) electrons. The number of aliphatic hydroxyl groups excluding tert-OH is 1. The fraction of sp³-hybridized carbons (Fsp3) is 0.576. The number of hydrogen-bond donors (Lipinski definition) is 3. The van der Waals surface area contributed by atoms with E-state index in [4.69, 9.17) is 29.5 Å². The number of primary amides is 1. The summed E-state index contributed by atoms with van der Waals surface area (Å²) in [5, 5.41) is 18.3. The molecule has 0 unspecified atom stereocenters. The van der Waals surface area contributed by atoms with Crippen molar-refractivity contribution in [1.29, 1.82) is 0 Å². The standard InChI is InChI=1S/C33H50N4O9/c1-19-15-23-29(39)24(18-25(31(23)44-9)36-45-14-13-37(5)6)35-32(40)20(2)11-10-12-26(42-7)30(46-33(34)41)22(4)17-21(3)28(38)27(16-19)43-8/h10-12,17-19,21,26-28,30,38H,13-16H2,1-9H3,(H2,34,41)(H,35,40)/b12-10-,20-11+,22-17+,36-25-/t19-,21+,26+,27+,28-,30+/m1/s1. The number of nitrogens with two attached hydrogens (primary N) is 1. The number of allylic oxidation sites excluding steroid dienone is 4. The summed E-state index contributed by atoms with van der Waals surface area (Å²) >= 11 is 0. The van der Waals surface area contributed by atoms with Crippen LogP contribution in [0.15, 0.2) is 63.7 Å². The third-order valence-electron chi connectivity index (χ3n) is 7.75. The van der Waals surface area contributed by atoms with Gasteiger partial charge in [-0.3, -0.25) is 9.59 Å². The molecule has 46 heavy (non-hydrogen) atoms. The number of aliphatic hydroxyl groups is 1. The number of amides is 2. The summed E-state index contributed by atoms with van der Waals surface area (Å²) in [6.45, 7) is 8.00. The Hall–Kier alpha value is -3.78. The maximum Gasteiger partial charge on any atom is 0.405 e. The monoisotopic (exact) mass is 646 g/mol.